The Morgan fingerprint density at radius 3 is 2.35 bits per heavy atom. The number of hydrogen-bond acceptors (Lipinski definition) is 5. The fourth-order valence-electron chi connectivity index (χ4n) is 3.04. The van der Waals surface area contributed by atoms with Crippen LogP contribution in [0.1, 0.15) is 25.2 Å². The average Bonchev–Trinajstić information content (AvgIpc) is 3.15. The van der Waals surface area contributed by atoms with Crippen LogP contribution in [0.2, 0.25) is 5.02 Å². The minimum Gasteiger partial charge on any atom is -0.325 e. The first-order valence-electron chi connectivity index (χ1n) is 9.98. The van der Waals surface area contributed by atoms with Crippen LogP contribution in [0.5, 0.6) is 0 Å². The van der Waals surface area contributed by atoms with Crippen LogP contribution in [-0.4, -0.2) is 32.3 Å². The Labute approximate surface area is 190 Å². The summed E-state index contributed by atoms with van der Waals surface area (Å²) in [5.74, 6) is 0.359. The van der Waals surface area contributed by atoms with Gasteiger partial charge in [0.05, 0.1) is 22.9 Å². The number of para-hydroxylation sites is 2. The number of nitrogens with one attached hydrogen (secondary N) is 2. The molecule has 0 spiro atoms. The van der Waals surface area contributed by atoms with E-state index in [1.165, 1.54) is 11.8 Å². The molecule has 2 amide bonds. The highest BCUT2D eigenvalue weighted by molar-refractivity contribution is 7.99. The molecule has 1 heterocycles. The lowest BCUT2D eigenvalue weighted by Crippen LogP contribution is -2.18. The highest BCUT2D eigenvalue weighted by Crippen LogP contribution is 2.22. The molecule has 3 aromatic rings. The van der Waals surface area contributed by atoms with Gasteiger partial charge in [-0.05, 0) is 37.1 Å². The van der Waals surface area contributed by atoms with Gasteiger partial charge in [0, 0.05) is 12.2 Å². The van der Waals surface area contributed by atoms with Gasteiger partial charge in [-0.25, -0.2) is 0 Å². The summed E-state index contributed by atoms with van der Waals surface area (Å²) in [7, 11) is 0. The molecular formula is C22H24ClN5O2S. The third kappa shape index (κ3) is 6.08. The summed E-state index contributed by atoms with van der Waals surface area (Å²) in [5.41, 5.74) is 2.45. The molecule has 2 aromatic carbocycles. The summed E-state index contributed by atoms with van der Waals surface area (Å²) >= 11 is 7.34. The molecule has 2 N–H and O–H groups in total. The first-order chi connectivity index (χ1) is 15.0. The first-order valence-corrected chi connectivity index (χ1v) is 11.3. The van der Waals surface area contributed by atoms with Crippen LogP contribution in [-0.2, 0) is 29.0 Å². The van der Waals surface area contributed by atoms with Gasteiger partial charge in [0.25, 0.3) is 0 Å². The summed E-state index contributed by atoms with van der Waals surface area (Å²) in [6, 6.07) is 14.8. The molecule has 7 nitrogen and oxygen atoms in total. The van der Waals surface area contributed by atoms with E-state index < -0.39 is 0 Å². The molecule has 0 unspecified atom stereocenters. The van der Waals surface area contributed by atoms with Crippen LogP contribution in [0.15, 0.2) is 53.7 Å². The monoisotopic (exact) mass is 457 g/mol. The Hall–Kier alpha value is -2.84. The zero-order valence-corrected chi connectivity index (χ0v) is 19.0. The fourth-order valence-corrected chi connectivity index (χ4v) is 4.05. The normalized spacial score (nSPS) is 10.7. The van der Waals surface area contributed by atoms with Crippen molar-refractivity contribution in [3.63, 3.8) is 0 Å². The molecule has 0 fully saturated rings. The average molecular weight is 458 g/mol. The number of aryl methyl sites for hydroxylation is 1. The Morgan fingerprint density at radius 1 is 0.968 bits per heavy atom. The Balaban J connectivity index is 1.60. The molecule has 3 rings (SSSR count). The summed E-state index contributed by atoms with van der Waals surface area (Å²) in [4.78, 5) is 24.8. The summed E-state index contributed by atoms with van der Waals surface area (Å²) in [6.07, 6.45) is 0.934. The number of hydrogen-bond donors (Lipinski definition) is 2. The van der Waals surface area contributed by atoms with Crippen LogP contribution in [0.4, 0.5) is 11.4 Å². The van der Waals surface area contributed by atoms with Crippen molar-refractivity contribution in [3.8, 4) is 0 Å². The molecule has 31 heavy (non-hydrogen) atoms. The van der Waals surface area contributed by atoms with Crippen molar-refractivity contribution in [1.82, 2.24) is 14.8 Å². The summed E-state index contributed by atoms with van der Waals surface area (Å²) in [5, 5.41) is 15.1. The summed E-state index contributed by atoms with van der Waals surface area (Å²) < 4.78 is 1.85. The molecule has 0 aliphatic heterocycles. The topological polar surface area (TPSA) is 88.9 Å². The van der Waals surface area contributed by atoms with Crippen LogP contribution < -0.4 is 10.6 Å². The van der Waals surface area contributed by atoms with Gasteiger partial charge >= 0.3 is 0 Å². The van der Waals surface area contributed by atoms with Gasteiger partial charge in [0.15, 0.2) is 5.16 Å². The minimum absolute atomic E-state index is 0.102. The Kier molecular flexibility index (Phi) is 8.08. The van der Waals surface area contributed by atoms with Gasteiger partial charge in [-0.1, -0.05) is 60.6 Å². The molecular weight excluding hydrogens is 434 g/mol. The second kappa shape index (κ2) is 11.0. The Bertz CT molecular complexity index is 1070. The first kappa shape index (κ1) is 22.8. The molecule has 0 bridgehead atoms. The van der Waals surface area contributed by atoms with Crippen molar-refractivity contribution in [3.05, 3.63) is 64.9 Å². The van der Waals surface area contributed by atoms with E-state index in [-0.39, 0.29) is 24.0 Å². The van der Waals surface area contributed by atoms with E-state index in [4.69, 9.17) is 11.6 Å². The van der Waals surface area contributed by atoms with E-state index in [2.05, 4.69) is 20.8 Å². The number of aromatic nitrogens is 3. The smallest absolute Gasteiger partial charge is 0.234 e. The number of amides is 2. The van der Waals surface area contributed by atoms with E-state index in [1.807, 2.05) is 42.7 Å². The van der Waals surface area contributed by atoms with Crippen LogP contribution >= 0.6 is 23.4 Å². The van der Waals surface area contributed by atoms with Gasteiger partial charge in [0.1, 0.15) is 5.82 Å². The number of carbonyl (C=O) groups is 2. The predicted octanol–water partition coefficient (Wildman–Crippen LogP) is 4.43. The molecule has 0 saturated carbocycles. The number of halogens is 1. The number of rotatable bonds is 9. The maximum atomic E-state index is 12.6. The molecule has 0 aliphatic rings. The zero-order valence-electron chi connectivity index (χ0n) is 17.4. The lowest BCUT2D eigenvalue weighted by Gasteiger charge is -2.10. The van der Waals surface area contributed by atoms with E-state index >= 15 is 0 Å². The second-order valence-electron chi connectivity index (χ2n) is 6.70. The highest BCUT2D eigenvalue weighted by Gasteiger charge is 2.17. The fraction of sp³-hybridized carbons (Fsp3) is 0.273. The van der Waals surface area contributed by atoms with Crippen LogP contribution in [0, 0.1) is 0 Å². The number of carbonyl (C=O) groups excluding carboxylic acids is 2. The molecule has 0 atom stereocenters. The molecule has 162 valence electrons. The highest BCUT2D eigenvalue weighted by atomic mass is 35.5. The lowest BCUT2D eigenvalue weighted by atomic mass is 10.1. The third-order valence-corrected chi connectivity index (χ3v) is 5.88. The van der Waals surface area contributed by atoms with E-state index in [0.29, 0.717) is 28.2 Å². The third-order valence-electron chi connectivity index (χ3n) is 4.58. The van der Waals surface area contributed by atoms with Gasteiger partial charge in [0.2, 0.25) is 11.8 Å². The summed E-state index contributed by atoms with van der Waals surface area (Å²) in [6.45, 7) is 4.59. The second-order valence-corrected chi connectivity index (χ2v) is 8.05. The van der Waals surface area contributed by atoms with Crippen molar-refractivity contribution >= 4 is 46.6 Å². The van der Waals surface area contributed by atoms with Gasteiger partial charge < -0.3 is 15.2 Å². The molecule has 9 heteroatoms. The maximum absolute atomic E-state index is 12.6. The minimum atomic E-state index is -0.195. The van der Waals surface area contributed by atoms with Crippen molar-refractivity contribution in [1.29, 1.82) is 0 Å². The largest absolute Gasteiger partial charge is 0.325 e. The quantitative estimate of drug-likeness (QED) is 0.464. The molecule has 1 aromatic heterocycles. The number of nitrogens with zero attached hydrogens (tertiary/aromatic N) is 3. The van der Waals surface area contributed by atoms with E-state index in [1.54, 1.807) is 24.3 Å². The van der Waals surface area contributed by atoms with Gasteiger partial charge in [-0.15, -0.1) is 10.2 Å². The zero-order chi connectivity index (χ0) is 22.2. The van der Waals surface area contributed by atoms with Gasteiger partial charge in [-0.2, -0.15) is 0 Å². The maximum Gasteiger partial charge on any atom is 0.234 e. The van der Waals surface area contributed by atoms with Crippen LogP contribution in [0.3, 0.4) is 0 Å². The van der Waals surface area contributed by atoms with E-state index in [9.17, 15) is 9.59 Å². The van der Waals surface area contributed by atoms with Crippen molar-refractivity contribution < 1.29 is 9.59 Å². The predicted molar refractivity (Wildman–Crippen MR) is 125 cm³/mol. The molecule has 0 saturated heterocycles. The number of thioether (sulfide) groups is 1. The SMILES string of the molecule is CCc1ccccc1NC(=O)Cc1nnc(SCC(=O)Nc2ccccc2Cl)n1CC. The molecule has 0 aliphatic carbocycles. The standard InChI is InChI=1S/C22H24ClN5O2S/c1-3-15-9-5-7-11-17(15)24-20(29)13-19-26-27-22(28(19)4-2)31-14-21(30)25-18-12-8-6-10-16(18)23/h5-12H,3-4,13-14H2,1-2H3,(H,24,29)(H,25,30). The number of anilines is 2. The van der Waals surface area contributed by atoms with Crippen molar-refractivity contribution in [2.75, 3.05) is 16.4 Å². The van der Waals surface area contributed by atoms with Crippen LogP contribution in [0.25, 0.3) is 0 Å². The van der Waals surface area contributed by atoms with Crippen molar-refractivity contribution in [2.45, 2.75) is 38.4 Å². The van der Waals surface area contributed by atoms with E-state index in [0.717, 1.165) is 17.7 Å². The van der Waals surface area contributed by atoms with Gasteiger partial charge in [-0.3, -0.25) is 9.59 Å². The molecule has 0 radical (unpaired) electrons. The Morgan fingerprint density at radius 2 is 1.65 bits per heavy atom. The van der Waals surface area contributed by atoms with Crippen molar-refractivity contribution in [2.24, 2.45) is 0 Å². The number of benzene rings is 2. The lowest BCUT2D eigenvalue weighted by molar-refractivity contribution is -0.116.